The zero-order valence-electron chi connectivity index (χ0n) is 20.7. The van der Waals surface area contributed by atoms with E-state index in [1.54, 1.807) is 5.56 Å². The minimum atomic E-state index is -0.643. The summed E-state index contributed by atoms with van der Waals surface area (Å²) < 4.78 is 2.45. The van der Waals surface area contributed by atoms with Crippen LogP contribution in [-0.4, -0.2) is 58.8 Å². The van der Waals surface area contributed by atoms with Crippen LogP contribution in [0.4, 0.5) is 0 Å². The van der Waals surface area contributed by atoms with E-state index in [0.717, 1.165) is 32.5 Å². The van der Waals surface area contributed by atoms with Crippen LogP contribution in [0.25, 0.3) is 10.9 Å². The first-order valence-electron chi connectivity index (χ1n) is 12.3. The number of likely N-dealkylation sites (N-methyl/N-ethyl adjacent to an activating group) is 1. The molecule has 0 amide bonds. The van der Waals surface area contributed by atoms with Gasteiger partial charge in [-0.15, -0.1) is 0 Å². The average molecular weight is 416 g/mol. The molecule has 5 rings (SSSR count). The van der Waals surface area contributed by atoms with E-state index in [1.807, 2.05) is 41.5 Å². The number of fused-ring (bicyclic) bond motifs is 3. The summed E-state index contributed by atoms with van der Waals surface area (Å²) in [7, 11) is 4.16. The number of piperidine rings is 1. The molecule has 3 unspecified atom stereocenters. The van der Waals surface area contributed by atoms with Gasteiger partial charge in [-0.25, -0.2) is 0 Å². The number of para-hydroxylation sites is 1. The lowest BCUT2D eigenvalue weighted by molar-refractivity contribution is -0.116. The van der Waals surface area contributed by atoms with Gasteiger partial charge >= 0.3 is 0 Å². The van der Waals surface area contributed by atoms with Crippen LogP contribution in [0.3, 0.4) is 0 Å². The van der Waals surface area contributed by atoms with Crippen LogP contribution in [0.15, 0.2) is 24.3 Å². The van der Waals surface area contributed by atoms with Crippen molar-refractivity contribution in [3.8, 4) is 0 Å². The van der Waals surface area contributed by atoms with Crippen molar-refractivity contribution in [2.24, 2.45) is 5.92 Å². The van der Waals surface area contributed by atoms with Crippen LogP contribution in [0.5, 0.6) is 0 Å². The van der Waals surface area contributed by atoms with Gasteiger partial charge in [-0.3, -0.25) is 4.90 Å². The lowest BCUT2D eigenvalue weighted by Gasteiger charge is -2.54. The summed E-state index contributed by atoms with van der Waals surface area (Å²) in [5.41, 5.74) is 3.72. The first kappa shape index (κ1) is 24.9. The lowest BCUT2D eigenvalue weighted by atomic mass is 9.70. The summed E-state index contributed by atoms with van der Waals surface area (Å²) in [6.07, 6.45) is 3.51. The SMILES string of the molecule is CC.CC.CC.CN(C)CC1(O)Cn2c3c(c4ccccc42)CCN2CCCC1C32. The normalized spacial score (nSPS) is 26.5. The first-order valence-corrected chi connectivity index (χ1v) is 12.3. The van der Waals surface area contributed by atoms with E-state index >= 15 is 0 Å². The second kappa shape index (κ2) is 10.8. The molecule has 0 saturated carbocycles. The number of hydrogen-bond acceptors (Lipinski definition) is 3. The van der Waals surface area contributed by atoms with Gasteiger partial charge < -0.3 is 14.6 Å². The summed E-state index contributed by atoms with van der Waals surface area (Å²) in [6, 6.07) is 9.19. The average Bonchev–Trinajstić information content (AvgIpc) is 3.11. The standard InChI is InChI=1S/C20H27N3O.3C2H6/c1-21(2)12-20(24)13-23-17-8-4-3-6-14(17)15-9-11-22-10-5-7-16(20)19(22)18(15)23;3*1-2/h3-4,6,8,16,19,24H,5,7,9-13H2,1-2H3;3*1-2H3. The number of aromatic nitrogens is 1. The van der Waals surface area contributed by atoms with Crippen LogP contribution in [0.1, 0.15) is 71.7 Å². The van der Waals surface area contributed by atoms with Crippen molar-refractivity contribution in [2.75, 3.05) is 33.7 Å². The highest BCUT2D eigenvalue weighted by Gasteiger charge is 2.52. The first-order chi connectivity index (χ1) is 14.6. The predicted molar refractivity (Wildman–Crippen MR) is 130 cm³/mol. The summed E-state index contributed by atoms with van der Waals surface area (Å²) >= 11 is 0. The van der Waals surface area contributed by atoms with Crippen LogP contribution in [0, 0.1) is 5.92 Å². The van der Waals surface area contributed by atoms with Gasteiger partial charge in [0.05, 0.1) is 18.2 Å². The van der Waals surface area contributed by atoms with Crippen molar-refractivity contribution in [2.45, 2.75) is 79.0 Å². The Morgan fingerprint density at radius 1 is 1.03 bits per heavy atom. The molecule has 0 radical (unpaired) electrons. The molecule has 4 heterocycles. The van der Waals surface area contributed by atoms with Gasteiger partial charge in [0, 0.05) is 35.6 Å². The van der Waals surface area contributed by atoms with E-state index in [0.29, 0.717) is 12.0 Å². The largest absolute Gasteiger partial charge is 0.386 e. The van der Waals surface area contributed by atoms with Gasteiger partial charge in [0.1, 0.15) is 0 Å². The van der Waals surface area contributed by atoms with Crippen molar-refractivity contribution >= 4 is 10.9 Å². The van der Waals surface area contributed by atoms with E-state index in [9.17, 15) is 5.11 Å². The number of rotatable bonds is 2. The van der Waals surface area contributed by atoms with Crippen molar-refractivity contribution in [3.05, 3.63) is 35.5 Å². The molecule has 1 fully saturated rings. The van der Waals surface area contributed by atoms with E-state index < -0.39 is 5.60 Å². The third kappa shape index (κ3) is 4.19. The third-order valence-electron chi connectivity index (χ3n) is 6.50. The predicted octanol–water partition coefficient (Wildman–Crippen LogP) is 5.34. The van der Waals surface area contributed by atoms with Gasteiger partial charge in [-0.05, 0) is 51.5 Å². The van der Waals surface area contributed by atoms with Crippen LogP contribution >= 0.6 is 0 Å². The molecule has 4 nitrogen and oxygen atoms in total. The Balaban J connectivity index is 0.000000493. The van der Waals surface area contributed by atoms with E-state index in [4.69, 9.17) is 0 Å². The Morgan fingerprint density at radius 2 is 1.70 bits per heavy atom. The molecular weight excluding hydrogens is 370 g/mol. The Kier molecular flexibility index (Phi) is 8.96. The third-order valence-corrected chi connectivity index (χ3v) is 6.50. The zero-order valence-corrected chi connectivity index (χ0v) is 20.7. The van der Waals surface area contributed by atoms with Gasteiger partial charge in [0.25, 0.3) is 0 Å². The molecule has 0 aliphatic carbocycles. The smallest absolute Gasteiger partial charge is 0.0998 e. The Bertz CT molecular complexity index is 797. The second-order valence-electron chi connectivity index (χ2n) is 8.29. The summed E-state index contributed by atoms with van der Waals surface area (Å²) in [5.74, 6) is 0.351. The zero-order chi connectivity index (χ0) is 22.5. The summed E-state index contributed by atoms with van der Waals surface area (Å²) in [6.45, 7) is 15.8. The van der Waals surface area contributed by atoms with Crippen LogP contribution in [-0.2, 0) is 13.0 Å². The molecule has 4 heteroatoms. The fourth-order valence-electron chi connectivity index (χ4n) is 5.77. The number of aliphatic hydroxyl groups is 1. The fraction of sp³-hybridized carbons (Fsp3) is 0.692. The molecule has 3 atom stereocenters. The maximum atomic E-state index is 11.7. The van der Waals surface area contributed by atoms with E-state index in [2.05, 4.69) is 52.7 Å². The monoisotopic (exact) mass is 415 g/mol. The molecule has 0 bridgehead atoms. The quantitative estimate of drug-likeness (QED) is 0.719. The molecule has 0 spiro atoms. The van der Waals surface area contributed by atoms with Gasteiger partial charge in [0.2, 0.25) is 0 Å². The summed E-state index contributed by atoms with van der Waals surface area (Å²) in [5, 5.41) is 13.1. The molecule has 1 saturated heterocycles. The van der Waals surface area contributed by atoms with Crippen LogP contribution in [0.2, 0.25) is 0 Å². The number of benzene rings is 1. The molecule has 1 aromatic heterocycles. The Morgan fingerprint density at radius 3 is 2.37 bits per heavy atom. The van der Waals surface area contributed by atoms with Crippen molar-refractivity contribution < 1.29 is 5.11 Å². The topological polar surface area (TPSA) is 31.6 Å². The highest BCUT2D eigenvalue weighted by atomic mass is 16.3. The molecule has 170 valence electrons. The van der Waals surface area contributed by atoms with E-state index in [-0.39, 0.29) is 0 Å². The Labute approximate surface area is 184 Å². The maximum Gasteiger partial charge on any atom is 0.0998 e. The molecular formula is C26H45N3O. The van der Waals surface area contributed by atoms with Crippen LogP contribution < -0.4 is 0 Å². The number of hydrogen-bond donors (Lipinski definition) is 1. The highest BCUT2D eigenvalue weighted by Crippen LogP contribution is 2.51. The van der Waals surface area contributed by atoms with Gasteiger partial charge in [-0.1, -0.05) is 59.7 Å². The molecule has 3 aliphatic heterocycles. The molecule has 3 aliphatic rings. The molecule has 30 heavy (non-hydrogen) atoms. The molecule has 2 aromatic rings. The van der Waals surface area contributed by atoms with E-state index in [1.165, 1.54) is 29.6 Å². The van der Waals surface area contributed by atoms with Gasteiger partial charge in [0.15, 0.2) is 0 Å². The minimum Gasteiger partial charge on any atom is -0.386 e. The minimum absolute atomic E-state index is 0.351. The number of nitrogens with zero attached hydrogens (tertiary/aromatic N) is 3. The fourth-order valence-corrected chi connectivity index (χ4v) is 5.77. The highest BCUT2D eigenvalue weighted by molar-refractivity contribution is 5.86. The lowest BCUT2D eigenvalue weighted by Crippen LogP contribution is -2.60. The molecule has 1 N–H and O–H groups in total. The Hall–Kier alpha value is -1.36. The maximum absolute atomic E-state index is 11.7. The molecule has 1 aromatic carbocycles. The summed E-state index contributed by atoms with van der Waals surface area (Å²) in [4.78, 5) is 4.80. The van der Waals surface area contributed by atoms with Crippen molar-refractivity contribution in [1.29, 1.82) is 0 Å². The van der Waals surface area contributed by atoms with Gasteiger partial charge in [-0.2, -0.15) is 0 Å². The van der Waals surface area contributed by atoms with Crippen molar-refractivity contribution in [3.63, 3.8) is 0 Å². The van der Waals surface area contributed by atoms with Crippen molar-refractivity contribution in [1.82, 2.24) is 14.4 Å². The second-order valence-corrected chi connectivity index (χ2v) is 8.29.